The van der Waals surface area contributed by atoms with Gasteiger partial charge in [0.15, 0.2) is 0 Å². The molecule has 0 unspecified atom stereocenters. The number of nitriles is 1. The van der Waals surface area contributed by atoms with Crippen molar-refractivity contribution in [3.8, 4) is 11.8 Å². The van der Waals surface area contributed by atoms with Crippen LogP contribution in [0.15, 0.2) is 66.7 Å². The van der Waals surface area contributed by atoms with Crippen molar-refractivity contribution in [1.29, 1.82) is 5.26 Å². The van der Waals surface area contributed by atoms with Gasteiger partial charge in [0, 0.05) is 0 Å². The predicted molar refractivity (Wildman–Crippen MR) is 99.0 cm³/mol. The van der Waals surface area contributed by atoms with Crippen LogP contribution in [0.25, 0.3) is 33.5 Å². The Hall–Kier alpha value is -3.58. The molecule has 4 nitrogen and oxygen atoms in total. The van der Waals surface area contributed by atoms with Crippen LogP contribution >= 0.6 is 0 Å². The summed E-state index contributed by atoms with van der Waals surface area (Å²) in [6.45, 7) is 2.10. The zero-order chi connectivity index (χ0) is 17.0. The van der Waals surface area contributed by atoms with E-state index in [1.807, 2.05) is 42.5 Å². The molecule has 0 saturated carbocycles. The summed E-state index contributed by atoms with van der Waals surface area (Å²) in [6, 6.07) is 24.4. The highest BCUT2D eigenvalue weighted by molar-refractivity contribution is 5.92. The van der Waals surface area contributed by atoms with Crippen molar-refractivity contribution < 1.29 is 0 Å². The van der Waals surface area contributed by atoms with Gasteiger partial charge in [-0.1, -0.05) is 24.3 Å². The van der Waals surface area contributed by atoms with Gasteiger partial charge >= 0.3 is 0 Å². The summed E-state index contributed by atoms with van der Waals surface area (Å²) in [5, 5.41) is 9.26. The Bertz CT molecular complexity index is 1310. The monoisotopic (exact) mass is 322 g/mol. The summed E-state index contributed by atoms with van der Waals surface area (Å²) < 4.78 is 4.31. The first-order valence-corrected chi connectivity index (χ1v) is 8.15. The van der Waals surface area contributed by atoms with E-state index in [1.54, 1.807) is 0 Å². The zero-order valence-corrected chi connectivity index (χ0v) is 13.6. The minimum atomic E-state index is 0.640. The van der Waals surface area contributed by atoms with Gasteiger partial charge in [-0.25, -0.2) is 4.98 Å². The quantitative estimate of drug-likeness (QED) is 0.452. The van der Waals surface area contributed by atoms with Crippen molar-refractivity contribution in [1.82, 2.24) is 14.0 Å². The van der Waals surface area contributed by atoms with Gasteiger partial charge < -0.3 is 0 Å². The smallest absolute Gasteiger partial charge is 0.220 e. The van der Waals surface area contributed by atoms with Crippen LogP contribution in [0.4, 0.5) is 0 Å². The Balaban J connectivity index is 2.01. The SMILES string of the molecule is Cc1ccc2c(c1)n1c3ccccc3nc1n2-c1cccc(C#N)c1. The number of imidazole rings is 2. The molecule has 0 spiro atoms. The molecule has 0 fully saturated rings. The van der Waals surface area contributed by atoms with E-state index in [2.05, 4.69) is 46.2 Å². The maximum atomic E-state index is 9.26. The van der Waals surface area contributed by atoms with Gasteiger partial charge in [0.25, 0.3) is 0 Å². The fourth-order valence-electron chi connectivity index (χ4n) is 3.48. The highest BCUT2D eigenvalue weighted by Crippen LogP contribution is 2.29. The van der Waals surface area contributed by atoms with Gasteiger partial charge in [0.05, 0.1) is 39.4 Å². The van der Waals surface area contributed by atoms with E-state index in [0.29, 0.717) is 5.56 Å². The maximum absolute atomic E-state index is 9.26. The van der Waals surface area contributed by atoms with Crippen LogP contribution in [0.5, 0.6) is 0 Å². The third kappa shape index (κ3) is 1.90. The van der Waals surface area contributed by atoms with Crippen molar-refractivity contribution in [3.05, 3.63) is 77.9 Å². The number of aromatic nitrogens is 3. The second-order valence-electron chi connectivity index (χ2n) is 6.23. The van der Waals surface area contributed by atoms with Crippen molar-refractivity contribution in [2.45, 2.75) is 6.92 Å². The fraction of sp³-hybridized carbons (Fsp3) is 0.0476. The van der Waals surface area contributed by atoms with Crippen molar-refractivity contribution in [2.75, 3.05) is 0 Å². The number of benzene rings is 3. The highest BCUT2D eigenvalue weighted by Gasteiger charge is 2.17. The summed E-state index contributed by atoms with van der Waals surface area (Å²) >= 11 is 0. The molecule has 0 aliphatic heterocycles. The molecule has 3 aromatic carbocycles. The molecule has 0 N–H and O–H groups in total. The van der Waals surface area contributed by atoms with Gasteiger partial charge in [-0.05, 0) is 55.0 Å². The Morgan fingerprint density at radius 2 is 1.76 bits per heavy atom. The average molecular weight is 322 g/mol. The summed E-state index contributed by atoms with van der Waals surface area (Å²) in [5.41, 5.74) is 7.03. The molecule has 2 aromatic heterocycles. The summed E-state index contributed by atoms with van der Waals surface area (Å²) in [6.07, 6.45) is 0. The summed E-state index contributed by atoms with van der Waals surface area (Å²) in [7, 11) is 0. The minimum Gasteiger partial charge on any atom is -0.278 e. The lowest BCUT2D eigenvalue weighted by Crippen LogP contribution is -1.95. The molecule has 0 saturated heterocycles. The molecule has 2 heterocycles. The van der Waals surface area contributed by atoms with E-state index in [1.165, 1.54) is 5.56 Å². The lowest BCUT2D eigenvalue weighted by molar-refractivity contribution is 1.11. The van der Waals surface area contributed by atoms with E-state index >= 15 is 0 Å². The van der Waals surface area contributed by atoms with Crippen molar-refractivity contribution >= 4 is 27.8 Å². The summed E-state index contributed by atoms with van der Waals surface area (Å²) in [5.74, 6) is 0.858. The molecule has 0 radical (unpaired) electrons. The first-order valence-electron chi connectivity index (χ1n) is 8.15. The molecule has 118 valence electrons. The second kappa shape index (κ2) is 4.96. The number of hydrogen-bond acceptors (Lipinski definition) is 2. The molecule has 0 amide bonds. The third-order valence-electron chi connectivity index (χ3n) is 4.59. The Morgan fingerprint density at radius 1 is 0.880 bits per heavy atom. The van der Waals surface area contributed by atoms with E-state index in [-0.39, 0.29) is 0 Å². The number of hydrogen-bond donors (Lipinski definition) is 0. The van der Waals surface area contributed by atoms with Gasteiger partial charge in [-0.15, -0.1) is 0 Å². The molecule has 0 atom stereocenters. The number of aryl methyl sites for hydroxylation is 1. The van der Waals surface area contributed by atoms with Crippen LogP contribution in [0.3, 0.4) is 0 Å². The first kappa shape index (κ1) is 13.8. The molecule has 0 aliphatic rings. The van der Waals surface area contributed by atoms with Crippen LogP contribution in [0.1, 0.15) is 11.1 Å². The standard InChI is InChI=1S/C21H14N4/c1-14-9-10-19-20(11-14)25-18-8-3-2-7-17(18)23-21(25)24(19)16-6-4-5-15(12-16)13-22/h2-12H,1H3. The average Bonchev–Trinajstić information content (AvgIpc) is 3.16. The van der Waals surface area contributed by atoms with Gasteiger partial charge in [-0.3, -0.25) is 8.97 Å². The van der Waals surface area contributed by atoms with Crippen LogP contribution in [0, 0.1) is 18.3 Å². The molecule has 5 rings (SSSR count). The second-order valence-corrected chi connectivity index (χ2v) is 6.23. The molecular weight excluding hydrogens is 308 g/mol. The lowest BCUT2D eigenvalue weighted by atomic mass is 10.2. The minimum absolute atomic E-state index is 0.640. The zero-order valence-electron chi connectivity index (χ0n) is 13.6. The molecule has 5 aromatic rings. The van der Waals surface area contributed by atoms with Crippen LogP contribution in [-0.2, 0) is 0 Å². The van der Waals surface area contributed by atoms with Crippen LogP contribution in [0.2, 0.25) is 0 Å². The molecule has 0 bridgehead atoms. The number of rotatable bonds is 1. The van der Waals surface area contributed by atoms with Crippen molar-refractivity contribution in [2.24, 2.45) is 0 Å². The number of para-hydroxylation sites is 2. The van der Waals surface area contributed by atoms with Crippen LogP contribution in [-0.4, -0.2) is 14.0 Å². The molecular formula is C21H14N4. The third-order valence-corrected chi connectivity index (χ3v) is 4.59. The first-order chi connectivity index (χ1) is 12.3. The Morgan fingerprint density at radius 3 is 2.64 bits per heavy atom. The predicted octanol–water partition coefficient (Wildman–Crippen LogP) is 4.61. The van der Waals surface area contributed by atoms with Crippen molar-refractivity contribution in [3.63, 3.8) is 0 Å². The largest absolute Gasteiger partial charge is 0.278 e. The topological polar surface area (TPSA) is 46.0 Å². The van der Waals surface area contributed by atoms with Gasteiger partial charge in [0.1, 0.15) is 0 Å². The highest BCUT2D eigenvalue weighted by atomic mass is 15.2. The van der Waals surface area contributed by atoms with E-state index in [9.17, 15) is 5.26 Å². The van der Waals surface area contributed by atoms with Gasteiger partial charge in [0.2, 0.25) is 5.78 Å². The lowest BCUT2D eigenvalue weighted by Gasteiger charge is -2.05. The molecule has 25 heavy (non-hydrogen) atoms. The van der Waals surface area contributed by atoms with E-state index < -0.39 is 0 Å². The van der Waals surface area contributed by atoms with Crippen LogP contribution < -0.4 is 0 Å². The molecule has 4 heteroatoms. The number of fused-ring (bicyclic) bond motifs is 5. The van der Waals surface area contributed by atoms with Gasteiger partial charge in [-0.2, -0.15) is 5.26 Å². The molecule has 0 aliphatic carbocycles. The maximum Gasteiger partial charge on any atom is 0.220 e. The fourth-order valence-corrected chi connectivity index (χ4v) is 3.48. The number of nitrogens with zero attached hydrogens (tertiary/aromatic N) is 4. The Kier molecular flexibility index (Phi) is 2.74. The van der Waals surface area contributed by atoms with E-state index in [0.717, 1.165) is 33.5 Å². The van der Waals surface area contributed by atoms with E-state index in [4.69, 9.17) is 4.98 Å². The normalized spacial score (nSPS) is 11.4. The summed E-state index contributed by atoms with van der Waals surface area (Å²) in [4.78, 5) is 4.86. The Labute approximate surface area is 144 Å².